The first kappa shape index (κ1) is 18.1. The standard InChI is InChI=1S/C18H27N3O3/c1-3-19-18(20-12-14-7-5-9-16(22)11-14)21-10-6-8-15(13-21)17(23)24-4-2/h5,7,9,11,15,22H,3-4,6,8,10,12-13H2,1-2H3,(H,19,20)/t15-/m1/s1. The second kappa shape index (κ2) is 9.15. The van der Waals surface area contributed by atoms with Gasteiger partial charge in [0.1, 0.15) is 5.75 Å². The lowest BCUT2D eigenvalue weighted by Crippen LogP contribution is -2.48. The van der Waals surface area contributed by atoms with Crippen LogP contribution < -0.4 is 5.32 Å². The van der Waals surface area contributed by atoms with Crippen molar-refractivity contribution in [3.05, 3.63) is 29.8 Å². The van der Waals surface area contributed by atoms with Gasteiger partial charge in [-0.3, -0.25) is 4.79 Å². The number of aromatic hydroxyl groups is 1. The average molecular weight is 333 g/mol. The lowest BCUT2D eigenvalue weighted by molar-refractivity contribution is -0.149. The van der Waals surface area contributed by atoms with Crippen LogP contribution in [0.4, 0.5) is 0 Å². The summed E-state index contributed by atoms with van der Waals surface area (Å²) in [6.07, 6.45) is 1.81. The number of esters is 1. The van der Waals surface area contributed by atoms with Gasteiger partial charge in [0.25, 0.3) is 0 Å². The number of benzene rings is 1. The third-order valence-electron chi connectivity index (χ3n) is 4.00. The molecule has 1 aromatic rings. The summed E-state index contributed by atoms with van der Waals surface area (Å²) in [5.41, 5.74) is 0.948. The van der Waals surface area contributed by atoms with Crippen molar-refractivity contribution in [2.24, 2.45) is 10.9 Å². The van der Waals surface area contributed by atoms with E-state index in [1.807, 2.05) is 26.0 Å². The van der Waals surface area contributed by atoms with Crippen LogP contribution >= 0.6 is 0 Å². The molecule has 1 aromatic carbocycles. The van der Waals surface area contributed by atoms with Gasteiger partial charge in [0, 0.05) is 19.6 Å². The molecule has 1 heterocycles. The van der Waals surface area contributed by atoms with Crippen molar-refractivity contribution in [1.82, 2.24) is 10.2 Å². The van der Waals surface area contributed by atoms with E-state index in [2.05, 4.69) is 15.2 Å². The van der Waals surface area contributed by atoms with Gasteiger partial charge in [-0.1, -0.05) is 12.1 Å². The van der Waals surface area contributed by atoms with Gasteiger partial charge in [-0.05, 0) is 44.4 Å². The monoisotopic (exact) mass is 333 g/mol. The van der Waals surface area contributed by atoms with E-state index in [-0.39, 0.29) is 17.6 Å². The van der Waals surface area contributed by atoms with Gasteiger partial charge in [-0.2, -0.15) is 0 Å². The fraction of sp³-hybridized carbons (Fsp3) is 0.556. The molecule has 0 saturated carbocycles. The molecular formula is C18H27N3O3. The normalized spacial score (nSPS) is 18.3. The van der Waals surface area contributed by atoms with Crippen LogP contribution in [0.2, 0.25) is 0 Å². The third kappa shape index (κ3) is 5.15. The summed E-state index contributed by atoms with van der Waals surface area (Å²) in [5.74, 6) is 0.831. The SMILES string of the molecule is CCNC(=NCc1cccc(O)c1)N1CCC[C@@H](C(=O)OCC)C1. The maximum Gasteiger partial charge on any atom is 0.310 e. The number of hydrogen-bond acceptors (Lipinski definition) is 4. The number of piperidine rings is 1. The highest BCUT2D eigenvalue weighted by Crippen LogP contribution is 2.18. The summed E-state index contributed by atoms with van der Waals surface area (Å²) in [4.78, 5) is 18.8. The van der Waals surface area contributed by atoms with Gasteiger partial charge in [0.05, 0.1) is 19.1 Å². The summed E-state index contributed by atoms with van der Waals surface area (Å²) < 4.78 is 5.16. The molecule has 0 unspecified atom stereocenters. The van der Waals surface area contributed by atoms with E-state index in [9.17, 15) is 9.90 Å². The summed E-state index contributed by atoms with van der Waals surface area (Å²) >= 11 is 0. The Labute approximate surface area is 143 Å². The second-order valence-corrected chi connectivity index (χ2v) is 5.88. The van der Waals surface area contributed by atoms with Gasteiger partial charge < -0.3 is 20.1 Å². The zero-order chi connectivity index (χ0) is 17.4. The van der Waals surface area contributed by atoms with Crippen molar-refractivity contribution in [3.8, 4) is 5.75 Å². The molecule has 1 fully saturated rings. The van der Waals surface area contributed by atoms with Crippen molar-refractivity contribution >= 4 is 11.9 Å². The minimum Gasteiger partial charge on any atom is -0.508 e. The highest BCUT2D eigenvalue weighted by molar-refractivity contribution is 5.81. The molecule has 2 rings (SSSR count). The minimum atomic E-state index is -0.119. The van der Waals surface area contributed by atoms with Crippen LogP contribution in [0.15, 0.2) is 29.3 Å². The van der Waals surface area contributed by atoms with Crippen LogP contribution in [0, 0.1) is 5.92 Å². The number of nitrogens with zero attached hydrogens (tertiary/aromatic N) is 2. The number of hydrogen-bond donors (Lipinski definition) is 2. The number of ether oxygens (including phenoxy) is 1. The maximum atomic E-state index is 12.0. The quantitative estimate of drug-likeness (QED) is 0.490. The molecule has 6 heteroatoms. The summed E-state index contributed by atoms with van der Waals surface area (Å²) in [6, 6.07) is 7.10. The first-order valence-corrected chi connectivity index (χ1v) is 8.61. The second-order valence-electron chi connectivity index (χ2n) is 5.88. The van der Waals surface area contributed by atoms with Crippen LogP contribution in [0.5, 0.6) is 5.75 Å². The van der Waals surface area contributed by atoms with Crippen molar-refractivity contribution in [2.75, 3.05) is 26.2 Å². The Bertz CT molecular complexity index is 574. The zero-order valence-electron chi connectivity index (χ0n) is 14.5. The van der Waals surface area contributed by atoms with Gasteiger partial charge in [0.15, 0.2) is 5.96 Å². The lowest BCUT2D eigenvalue weighted by Gasteiger charge is -2.34. The fourth-order valence-corrected chi connectivity index (χ4v) is 2.87. The Morgan fingerprint density at radius 3 is 3.00 bits per heavy atom. The van der Waals surface area contributed by atoms with E-state index in [4.69, 9.17) is 4.74 Å². The summed E-state index contributed by atoms with van der Waals surface area (Å²) in [5, 5.41) is 12.8. The molecule has 6 nitrogen and oxygen atoms in total. The van der Waals surface area contributed by atoms with E-state index < -0.39 is 0 Å². The molecule has 0 bridgehead atoms. The van der Waals surface area contributed by atoms with E-state index in [0.29, 0.717) is 19.7 Å². The molecule has 0 aromatic heterocycles. The van der Waals surface area contributed by atoms with Gasteiger partial charge in [-0.25, -0.2) is 4.99 Å². The minimum absolute atomic E-state index is 0.0941. The van der Waals surface area contributed by atoms with Crippen molar-refractivity contribution < 1.29 is 14.6 Å². The molecule has 1 atom stereocenters. The first-order valence-electron chi connectivity index (χ1n) is 8.61. The summed E-state index contributed by atoms with van der Waals surface area (Å²) in [6.45, 7) is 7.03. The molecule has 1 aliphatic heterocycles. The molecule has 2 N–H and O–H groups in total. The Hall–Kier alpha value is -2.24. The van der Waals surface area contributed by atoms with E-state index >= 15 is 0 Å². The van der Waals surface area contributed by atoms with Crippen molar-refractivity contribution in [2.45, 2.75) is 33.2 Å². The predicted molar refractivity (Wildman–Crippen MR) is 93.9 cm³/mol. The van der Waals surface area contributed by atoms with E-state index in [1.165, 1.54) is 0 Å². The molecule has 0 spiro atoms. The number of phenols is 1. The van der Waals surface area contributed by atoms with Crippen LogP contribution in [-0.2, 0) is 16.1 Å². The van der Waals surface area contributed by atoms with E-state index in [1.54, 1.807) is 12.1 Å². The van der Waals surface area contributed by atoms with Gasteiger partial charge in [-0.15, -0.1) is 0 Å². The highest BCUT2D eigenvalue weighted by atomic mass is 16.5. The number of phenolic OH excluding ortho intramolecular Hbond substituents is 1. The molecule has 0 radical (unpaired) electrons. The van der Waals surface area contributed by atoms with Crippen LogP contribution in [-0.4, -0.2) is 48.2 Å². The molecule has 1 saturated heterocycles. The number of rotatable bonds is 5. The molecule has 0 aliphatic carbocycles. The number of likely N-dealkylation sites (tertiary alicyclic amines) is 1. The van der Waals surface area contributed by atoms with E-state index in [0.717, 1.165) is 37.5 Å². The molecule has 1 aliphatic rings. The zero-order valence-corrected chi connectivity index (χ0v) is 14.5. The first-order chi connectivity index (χ1) is 11.6. The Morgan fingerprint density at radius 1 is 1.46 bits per heavy atom. The van der Waals surface area contributed by atoms with Crippen molar-refractivity contribution in [1.29, 1.82) is 0 Å². The lowest BCUT2D eigenvalue weighted by atomic mass is 9.98. The van der Waals surface area contributed by atoms with Crippen molar-refractivity contribution in [3.63, 3.8) is 0 Å². The van der Waals surface area contributed by atoms with Crippen LogP contribution in [0.3, 0.4) is 0 Å². The Kier molecular flexibility index (Phi) is 6.90. The maximum absolute atomic E-state index is 12.0. The van der Waals surface area contributed by atoms with Gasteiger partial charge >= 0.3 is 5.97 Å². The molecule has 24 heavy (non-hydrogen) atoms. The summed E-state index contributed by atoms with van der Waals surface area (Å²) in [7, 11) is 0. The van der Waals surface area contributed by atoms with Gasteiger partial charge in [0.2, 0.25) is 0 Å². The predicted octanol–water partition coefficient (Wildman–Crippen LogP) is 2.13. The third-order valence-corrected chi connectivity index (χ3v) is 4.00. The number of guanidine groups is 1. The average Bonchev–Trinajstić information content (AvgIpc) is 2.59. The van der Waals surface area contributed by atoms with Crippen LogP contribution in [0.25, 0.3) is 0 Å². The topological polar surface area (TPSA) is 74.2 Å². The fourth-order valence-electron chi connectivity index (χ4n) is 2.87. The highest BCUT2D eigenvalue weighted by Gasteiger charge is 2.28. The number of carbonyl (C=O) groups is 1. The molecular weight excluding hydrogens is 306 g/mol. The Morgan fingerprint density at radius 2 is 2.29 bits per heavy atom. The number of aliphatic imine (C=N–C) groups is 1. The number of carbonyl (C=O) groups excluding carboxylic acids is 1. The molecule has 132 valence electrons. The largest absolute Gasteiger partial charge is 0.508 e. The smallest absolute Gasteiger partial charge is 0.310 e. The number of nitrogens with one attached hydrogen (secondary N) is 1. The van der Waals surface area contributed by atoms with Crippen LogP contribution in [0.1, 0.15) is 32.3 Å². The Balaban J connectivity index is 2.05. The molecule has 0 amide bonds.